The molecule has 3 N–H and O–H groups in total. The molecule has 0 bridgehead atoms. The Hall–Kier alpha value is -2.93. The van der Waals surface area contributed by atoms with Gasteiger partial charge in [-0.25, -0.2) is 4.68 Å². The summed E-state index contributed by atoms with van der Waals surface area (Å²) in [6, 6.07) is 13.8. The molecule has 0 spiro atoms. The molecule has 1 aromatic heterocycles. The second-order valence-corrected chi connectivity index (χ2v) is 8.61. The molecule has 0 aliphatic carbocycles. The van der Waals surface area contributed by atoms with Gasteiger partial charge in [0.15, 0.2) is 5.78 Å². The molecule has 0 amide bonds. The summed E-state index contributed by atoms with van der Waals surface area (Å²) in [6.45, 7) is 10.5. The van der Waals surface area contributed by atoms with Crippen LogP contribution in [0.15, 0.2) is 42.5 Å². The number of aryl methyl sites for hydroxylation is 1. The predicted octanol–water partition coefficient (Wildman–Crippen LogP) is 4.67. The maximum atomic E-state index is 12.8. The van der Waals surface area contributed by atoms with E-state index in [0.717, 1.165) is 16.8 Å². The van der Waals surface area contributed by atoms with E-state index in [-0.39, 0.29) is 23.7 Å². The summed E-state index contributed by atoms with van der Waals surface area (Å²) in [5.74, 6) is 0.144. The fourth-order valence-electron chi connectivity index (χ4n) is 3.08. The van der Waals surface area contributed by atoms with Gasteiger partial charge in [0.2, 0.25) is 10.7 Å². The van der Waals surface area contributed by atoms with Crippen molar-refractivity contribution in [1.29, 1.82) is 0 Å². The van der Waals surface area contributed by atoms with Crippen LogP contribution in [0.4, 0.5) is 11.6 Å². The first-order chi connectivity index (χ1) is 13.6. The van der Waals surface area contributed by atoms with E-state index >= 15 is 0 Å². The second kappa shape index (κ2) is 7.83. The van der Waals surface area contributed by atoms with E-state index in [4.69, 9.17) is 18.0 Å². The Morgan fingerprint density at radius 2 is 1.79 bits per heavy atom. The highest BCUT2D eigenvalue weighted by molar-refractivity contribution is 7.71. The van der Waals surface area contributed by atoms with Gasteiger partial charge in [-0.05, 0) is 60.3 Å². The highest BCUT2D eigenvalue weighted by Gasteiger charge is 2.16. The fourth-order valence-corrected chi connectivity index (χ4v) is 3.33. The number of hydrogen-bond acceptors (Lipinski definition) is 5. The zero-order valence-electron chi connectivity index (χ0n) is 17.5. The van der Waals surface area contributed by atoms with Crippen molar-refractivity contribution >= 4 is 29.6 Å². The van der Waals surface area contributed by atoms with Gasteiger partial charge in [-0.3, -0.25) is 10.2 Å². The number of nitrogens with two attached hydrogens (primary N) is 1. The van der Waals surface area contributed by atoms with E-state index < -0.39 is 0 Å². The SMILES string of the molecule is Cc1cccc(C(=O)Cn2nc(N)n(Nc3ccc(C(C)(C)C)cc3)c2=S)c1C. The predicted molar refractivity (Wildman–Crippen MR) is 120 cm³/mol. The molecule has 1 heterocycles. The van der Waals surface area contributed by atoms with Crippen molar-refractivity contribution in [2.45, 2.75) is 46.6 Å². The highest BCUT2D eigenvalue weighted by atomic mass is 32.1. The molecule has 2 aromatic carbocycles. The van der Waals surface area contributed by atoms with Crippen molar-refractivity contribution in [1.82, 2.24) is 14.5 Å². The lowest BCUT2D eigenvalue weighted by Crippen LogP contribution is -2.16. The monoisotopic (exact) mass is 409 g/mol. The first-order valence-corrected chi connectivity index (χ1v) is 9.91. The maximum Gasteiger partial charge on any atom is 0.240 e. The molecular formula is C22H27N5OS. The lowest BCUT2D eigenvalue weighted by molar-refractivity contribution is 0.0966. The van der Waals surface area contributed by atoms with E-state index in [9.17, 15) is 4.79 Å². The molecule has 0 aliphatic heterocycles. The number of hydrogen-bond donors (Lipinski definition) is 2. The molecule has 6 nitrogen and oxygen atoms in total. The van der Waals surface area contributed by atoms with Gasteiger partial charge >= 0.3 is 0 Å². The molecule has 152 valence electrons. The number of nitrogen functional groups attached to an aromatic ring is 1. The largest absolute Gasteiger partial charge is 0.366 e. The Bertz CT molecular complexity index is 1100. The number of carbonyl (C=O) groups excluding carboxylic acids is 1. The first-order valence-electron chi connectivity index (χ1n) is 9.50. The van der Waals surface area contributed by atoms with E-state index in [1.807, 2.05) is 44.2 Å². The van der Waals surface area contributed by atoms with Crippen molar-refractivity contribution in [3.05, 3.63) is 69.5 Å². The van der Waals surface area contributed by atoms with Crippen molar-refractivity contribution < 1.29 is 4.79 Å². The minimum atomic E-state index is -0.0542. The third-order valence-corrected chi connectivity index (χ3v) is 5.45. The quantitative estimate of drug-likeness (QED) is 0.473. The fraction of sp³-hybridized carbons (Fsp3) is 0.318. The number of anilines is 2. The van der Waals surface area contributed by atoms with Gasteiger partial charge in [0.1, 0.15) is 6.54 Å². The number of nitrogens with one attached hydrogen (secondary N) is 1. The summed E-state index contributed by atoms with van der Waals surface area (Å²) in [7, 11) is 0. The number of carbonyl (C=O) groups is 1. The molecule has 0 radical (unpaired) electrons. The van der Waals surface area contributed by atoms with Gasteiger partial charge in [0.25, 0.3) is 0 Å². The third kappa shape index (κ3) is 4.40. The van der Waals surface area contributed by atoms with Crippen molar-refractivity contribution in [2.75, 3.05) is 11.2 Å². The Balaban J connectivity index is 1.82. The minimum Gasteiger partial charge on any atom is -0.366 e. The molecule has 29 heavy (non-hydrogen) atoms. The normalized spacial score (nSPS) is 11.5. The molecular weight excluding hydrogens is 382 g/mol. The van der Waals surface area contributed by atoms with Crippen LogP contribution in [0.25, 0.3) is 0 Å². The van der Waals surface area contributed by atoms with Crippen molar-refractivity contribution in [3.8, 4) is 0 Å². The standard InChI is InChI=1S/C22H27N5OS/c1-14-7-6-8-18(15(14)2)19(28)13-26-21(29)27(20(23)25-26)24-17-11-9-16(10-12-17)22(3,4)5/h6-12,24H,13H2,1-5H3,(H2,23,25). The molecule has 7 heteroatoms. The van der Waals surface area contributed by atoms with Crippen LogP contribution >= 0.6 is 12.2 Å². The molecule has 0 unspecified atom stereocenters. The van der Waals surface area contributed by atoms with Gasteiger partial charge < -0.3 is 5.73 Å². The first kappa shape index (κ1) is 20.8. The topological polar surface area (TPSA) is 77.9 Å². The summed E-state index contributed by atoms with van der Waals surface area (Å²) < 4.78 is 3.30. The molecule has 0 fully saturated rings. The molecule has 0 aliphatic rings. The average Bonchev–Trinajstić information content (AvgIpc) is 2.91. The molecule has 3 aromatic rings. The van der Waals surface area contributed by atoms with Crippen molar-refractivity contribution in [3.63, 3.8) is 0 Å². The summed E-state index contributed by atoms with van der Waals surface area (Å²) in [6.07, 6.45) is 0. The molecule has 3 rings (SSSR count). The molecule has 0 atom stereocenters. The summed E-state index contributed by atoms with van der Waals surface area (Å²) in [5, 5.41) is 4.25. The second-order valence-electron chi connectivity index (χ2n) is 8.24. The van der Waals surface area contributed by atoms with E-state index in [2.05, 4.69) is 43.4 Å². The van der Waals surface area contributed by atoms with Crippen LogP contribution < -0.4 is 11.2 Å². The number of aromatic nitrogens is 3. The van der Waals surface area contributed by atoms with Crippen LogP contribution in [0.5, 0.6) is 0 Å². The maximum absolute atomic E-state index is 12.8. The average molecular weight is 410 g/mol. The van der Waals surface area contributed by atoms with Crippen LogP contribution in [0.1, 0.15) is 47.8 Å². The number of ketones is 1. The van der Waals surface area contributed by atoms with Gasteiger partial charge in [-0.15, -0.1) is 5.10 Å². The summed E-state index contributed by atoms with van der Waals surface area (Å²) >= 11 is 5.49. The summed E-state index contributed by atoms with van der Waals surface area (Å²) in [4.78, 5) is 12.8. The Morgan fingerprint density at radius 3 is 2.41 bits per heavy atom. The van der Waals surface area contributed by atoms with Crippen molar-refractivity contribution in [2.24, 2.45) is 0 Å². The van der Waals surface area contributed by atoms with Gasteiger partial charge in [0, 0.05) is 5.56 Å². The van der Waals surface area contributed by atoms with Crippen LogP contribution in [-0.2, 0) is 12.0 Å². The van der Waals surface area contributed by atoms with Crippen LogP contribution in [0.3, 0.4) is 0 Å². The minimum absolute atomic E-state index is 0.0327. The number of Topliss-reactive ketones (excluding diaryl/α,β-unsaturated/α-hetero) is 1. The third-order valence-electron chi connectivity index (χ3n) is 5.05. The lowest BCUT2D eigenvalue weighted by Gasteiger charge is -2.19. The lowest BCUT2D eigenvalue weighted by atomic mass is 9.87. The molecule has 0 saturated heterocycles. The van der Waals surface area contributed by atoms with Gasteiger partial charge in [0.05, 0.1) is 5.69 Å². The summed E-state index contributed by atoms with van der Waals surface area (Å²) in [5.41, 5.74) is 14.1. The van der Waals surface area contributed by atoms with E-state index in [1.165, 1.54) is 14.9 Å². The van der Waals surface area contributed by atoms with Gasteiger partial charge in [-0.2, -0.15) is 4.68 Å². The van der Waals surface area contributed by atoms with Crippen LogP contribution in [-0.4, -0.2) is 20.2 Å². The van der Waals surface area contributed by atoms with E-state index in [1.54, 1.807) is 0 Å². The van der Waals surface area contributed by atoms with Crippen LogP contribution in [0.2, 0.25) is 0 Å². The van der Waals surface area contributed by atoms with Gasteiger partial charge in [-0.1, -0.05) is 51.1 Å². The Morgan fingerprint density at radius 1 is 1.14 bits per heavy atom. The molecule has 0 saturated carbocycles. The number of nitrogens with zero attached hydrogens (tertiary/aromatic N) is 3. The number of benzene rings is 2. The smallest absolute Gasteiger partial charge is 0.240 e. The highest BCUT2D eigenvalue weighted by Crippen LogP contribution is 2.23. The zero-order chi connectivity index (χ0) is 21.3. The van der Waals surface area contributed by atoms with Crippen LogP contribution in [0, 0.1) is 18.6 Å². The van der Waals surface area contributed by atoms with E-state index in [0.29, 0.717) is 10.3 Å². The Kier molecular flexibility index (Phi) is 5.61. The Labute approximate surface area is 176 Å². The number of rotatable bonds is 5. The zero-order valence-corrected chi connectivity index (χ0v) is 18.3.